The maximum absolute atomic E-state index is 12.2. The summed E-state index contributed by atoms with van der Waals surface area (Å²) in [6, 6.07) is 4.97. The summed E-state index contributed by atoms with van der Waals surface area (Å²) in [4.78, 5) is 0.616. The summed E-state index contributed by atoms with van der Waals surface area (Å²) in [5.74, 6) is 0.836. The molecule has 2 N–H and O–H groups in total. The summed E-state index contributed by atoms with van der Waals surface area (Å²) in [7, 11) is -3.58. The zero-order valence-electron chi connectivity index (χ0n) is 11.1. The molecule has 0 saturated carbocycles. The van der Waals surface area contributed by atoms with Crippen LogP contribution in [0.1, 0.15) is 24.0 Å². The average Bonchev–Trinajstić information content (AvgIpc) is 3.07. The Hall–Kier alpha value is -1.15. The molecule has 1 unspecified atom stereocenters. The molecule has 0 aliphatic rings. The second-order valence-corrected chi connectivity index (χ2v) is 7.19. The van der Waals surface area contributed by atoms with Crippen LogP contribution in [0.15, 0.2) is 39.2 Å². The lowest BCUT2D eigenvalue weighted by atomic mass is 10.2. The molecule has 0 radical (unpaired) electrons. The van der Waals surface area contributed by atoms with Gasteiger partial charge < -0.3 is 9.52 Å². The highest BCUT2D eigenvalue weighted by Crippen LogP contribution is 2.22. The van der Waals surface area contributed by atoms with Crippen LogP contribution in [0, 0.1) is 0 Å². The van der Waals surface area contributed by atoms with E-state index in [0.717, 1.165) is 5.76 Å². The molecule has 0 spiro atoms. The molecule has 0 amide bonds. The first kappa shape index (κ1) is 15.2. The maximum atomic E-state index is 12.2. The minimum atomic E-state index is -3.58. The van der Waals surface area contributed by atoms with Gasteiger partial charge in [-0.25, -0.2) is 13.1 Å². The van der Waals surface area contributed by atoms with Crippen molar-refractivity contribution in [1.29, 1.82) is 0 Å². The predicted octanol–water partition coefficient (Wildman–Crippen LogP) is 2.13. The second-order valence-electron chi connectivity index (χ2n) is 4.51. The lowest BCUT2D eigenvalue weighted by molar-refractivity contribution is 0.282. The summed E-state index contributed by atoms with van der Waals surface area (Å²) < 4.78 is 32.2. The van der Waals surface area contributed by atoms with Crippen molar-refractivity contribution in [2.45, 2.75) is 37.3 Å². The molecule has 0 aliphatic carbocycles. The van der Waals surface area contributed by atoms with Gasteiger partial charge in [0.2, 0.25) is 10.0 Å². The number of thiophene rings is 1. The highest BCUT2D eigenvalue weighted by molar-refractivity contribution is 7.89. The predicted molar refractivity (Wildman–Crippen MR) is 77.1 cm³/mol. The van der Waals surface area contributed by atoms with Crippen molar-refractivity contribution in [3.8, 4) is 0 Å². The lowest BCUT2D eigenvalue weighted by Gasteiger charge is -2.13. The number of nitrogens with one attached hydrogen (secondary N) is 1. The number of aliphatic hydroxyl groups excluding tert-OH is 1. The van der Waals surface area contributed by atoms with Crippen molar-refractivity contribution in [3.63, 3.8) is 0 Å². The van der Waals surface area contributed by atoms with E-state index in [1.54, 1.807) is 11.6 Å². The van der Waals surface area contributed by atoms with Crippen LogP contribution in [0.2, 0.25) is 0 Å². The van der Waals surface area contributed by atoms with Crippen molar-refractivity contribution in [2.24, 2.45) is 0 Å². The largest absolute Gasteiger partial charge is 0.469 e. The molecular formula is C13H17NO4S2. The van der Waals surface area contributed by atoms with Gasteiger partial charge in [-0.05, 0) is 36.9 Å². The molecule has 2 heterocycles. The van der Waals surface area contributed by atoms with E-state index in [0.29, 0.717) is 17.7 Å². The van der Waals surface area contributed by atoms with Crippen molar-refractivity contribution in [1.82, 2.24) is 4.72 Å². The molecule has 2 aromatic heterocycles. The fourth-order valence-electron chi connectivity index (χ4n) is 1.88. The van der Waals surface area contributed by atoms with Crippen LogP contribution in [0.5, 0.6) is 0 Å². The Balaban J connectivity index is 1.97. The van der Waals surface area contributed by atoms with Crippen LogP contribution in [0.4, 0.5) is 0 Å². The minimum absolute atomic E-state index is 0.162. The molecule has 110 valence electrons. The zero-order chi connectivity index (χ0) is 14.6. The molecule has 1 atom stereocenters. The summed E-state index contributed by atoms with van der Waals surface area (Å²) in [5, 5.41) is 10.8. The summed E-state index contributed by atoms with van der Waals surface area (Å²) >= 11 is 1.23. The van der Waals surface area contributed by atoms with E-state index in [-0.39, 0.29) is 17.5 Å². The first-order valence-electron chi connectivity index (χ1n) is 6.25. The highest BCUT2D eigenvalue weighted by atomic mass is 32.2. The quantitative estimate of drug-likeness (QED) is 0.820. The van der Waals surface area contributed by atoms with E-state index in [2.05, 4.69) is 4.72 Å². The molecule has 7 heteroatoms. The Labute approximate surface area is 122 Å². The van der Waals surface area contributed by atoms with Crippen LogP contribution >= 0.6 is 11.3 Å². The molecule has 0 saturated heterocycles. The van der Waals surface area contributed by atoms with Crippen molar-refractivity contribution < 1.29 is 17.9 Å². The molecule has 0 fully saturated rings. The monoisotopic (exact) mass is 315 g/mol. The highest BCUT2D eigenvalue weighted by Gasteiger charge is 2.21. The number of aliphatic hydroxyl groups is 1. The number of hydrogen-bond acceptors (Lipinski definition) is 5. The summed E-state index contributed by atoms with van der Waals surface area (Å²) in [6.45, 7) is 1.54. The molecular weight excluding hydrogens is 298 g/mol. The Morgan fingerprint density at radius 3 is 2.90 bits per heavy atom. The van der Waals surface area contributed by atoms with Gasteiger partial charge in [0.15, 0.2) is 0 Å². The van der Waals surface area contributed by atoms with Gasteiger partial charge in [0.1, 0.15) is 5.76 Å². The SMILES string of the molecule is CC(CCc1ccco1)NS(=O)(=O)c1ccsc1CO. The summed E-state index contributed by atoms with van der Waals surface area (Å²) in [5.41, 5.74) is 0. The summed E-state index contributed by atoms with van der Waals surface area (Å²) in [6.07, 6.45) is 2.92. The molecule has 5 nitrogen and oxygen atoms in total. The van der Waals surface area contributed by atoms with E-state index in [4.69, 9.17) is 9.52 Å². The van der Waals surface area contributed by atoms with Gasteiger partial charge in [0.25, 0.3) is 0 Å². The second kappa shape index (κ2) is 6.53. The van der Waals surface area contributed by atoms with Gasteiger partial charge in [-0.2, -0.15) is 0 Å². The molecule has 0 aliphatic heterocycles. The molecule has 0 aromatic carbocycles. The third-order valence-corrected chi connectivity index (χ3v) is 5.61. The van der Waals surface area contributed by atoms with Crippen LogP contribution < -0.4 is 4.72 Å². The van der Waals surface area contributed by atoms with Gasteiger partial charge in [-0.15, -0.1) is 11.3 Å². The van der Waals surface area contributed by atoms with Gasteiger partial charge in [0.05, 0.1) is 17.8 Å². The van der Waals surface area contributed by atoms with Crippen LogP contribution in [0.25, 0.3) is 0 Å². The molecule has 20 heavy (non-hydrogen) atoms. The Kier molecular flexibility index (Phi) is 4.98. The number of aryl methyl sites for hydroxylation is 1. The third-order valence-electron chi connectivity index (χ3n) is 2.90. The number of hydrogen-bond donors (Lipinski definition) is 2. The van der Waals surface area contributed by atoms with E-state index in [9.17, 15) is 8.42 Å². The smallest absolute Gasteiger partial charge is 0.242 e. The van der Waals surface area contributed by atoms with E-state index in [1.807, 2.05) is 19.1 Å². The maximum Gasteiger partial charge on any atom is 0.242 e. The van der Waals surface area contributed by atoms with E-state index in [1.165, 1.54) is 17.4 Å². The third kappa shape index (κ3) is 3.69. The number of sulfonamides is 1. The van der Waals surface area contributed by atoms with Crippen molar-refractivity contribution >= 4 is 21.4 Å². The lowest BCUT2D eigenvalue weighted by Crippen LogP contribution is -2.33. The Morgan fingerprint density at radius 1 is 1.45 bits per heavy atom. The molecule has 2 aromatic rings. The standard InChI is InChI=1S/C13H17NO4S2/c1-10(4-5-11-3-2-7-18-11)14-20(16,17)13-6-8-19-12(13)9-15/h2-3,6-8,10,14-15H,4-5,9H2,1H3. The zero-order valence-corrected chi connectivity index (χ0v) is 12.7. The normalized spacial score (nSPS) is 13.5. The Bertz CT molecular complexity index is 631. The topological polar surface area (TPSA) is 79.5 Å². The average molecular weight is 315 g/mol. The first-order valence-corrected chi connectivity index (χ1v) is 8.61. The molecule has 0 bridgehead atoms. The van der Waals surface area contributed by atoms with Gasteiger partial charge >= 0.3 is 0 Å². The fraction of sp³-hybridized carbons (Fsp3) is 0.385. The first-order chi connectivity index (χ1) is 9.53. The fourth-order valence-corrected chi connectivity index (χ4v) is 4.46. The Morgan fingerprint density at radius 2 is 2.25 bits per heavy atom. The van der Waals surface area contributed by atoms with Crippen molar-refractivity contribution in [3.05, 3.63) is 40.5 Å². The van der Waals surface area contributed by atoms with Crippen LogP contribution in [-0.2, 0) is 23.1 Å². The van der Waals surface area contributed by atoms with Gasteiger partial charge in [0, 0.05) is 17.3 Å². The molecule has 2 rings (SSSR count). The van der Waals surface area contributed by atoms with Gasteiger partial charge in [-0.3, -0.25) is 0 Å². The van der Waals surface area contributed by atoms with Gasteiger partial charge in [-0.1, -0.05) is 0 Å². The van der Waals surface area contributed by atoms with Crippen LogP contribution in [-0.4, -0.2) is 19.6 Å². The van der Waals surface area contributed by atoms with E-state index >= 15 is 0 Å². The van der Waals surface area contributed by atoms with E-state index < -0.39 is 10.0 Å². The number of rotatable bonds is 7. The van der Waals surface area contributed by atoms with Crippen LogP contribution in [0.3, 0.4) is 0 Å². The number of furan rings is 1. The minimum Gasteiger partial charge on any atom is -0.469 e. The van der Waals surface area contributed by atoms with Crippen molar-refractivity contribution in [2.75, 3.05) is 0 Å².